The van der Waals surface area contributed by atoms with Gasteiger partial charge in [0.05, 0.1) is 15.7 Å². The van der Waals surface area contributed by atoms with Crippen LogP contribution in [-0.2, 0) is 7.05 Å². The summed E-state index contributed by atoms with van der Waals surface area (Å²) >= 11 is 14.4. The number of hydrogen-bond acceptors (Lipinski definition) is 3. The summed E-state index contributed by atoms with van der Waals surface area (Å²) in [5, 5.41) is 3.94. The summed E-state index contributed by atoms with van der Waals surface area (Å²) in [4.78, 5) is 26.3. The van der Waals surface area contributed by atoms with Gasteiger partial charge in [0.25, 0.3) is 5.56 Å². The Bertz CT molecular complexity index is 911. The number of carbonyl (C=O) groups is 1. The molecule has 0 bridgehead atoms. The van der Waals surface area contributed by atoms with Crippen LogP contribution in [-0.4, -0.2) is 21.3 Å². The number of aryl methyl sites for hydroxylation is 1. The van der Waals surface area contributed by atoms with Gasteiger partial charge in [0.1, 0.15) is 5.56 Å². The number of carbonyl (C=O) groups excluding carboxylic acids is 1. The molecule has 1 N–H and O–H groups in total. The topological polar surface area (TPSA) is 54.9 Å². The second-order valence-corrected chi connectivity index (χ2v) is 8.68. The summed E-state index contributed by atoms with van der Waals surface area (Å²) < 4.78 is 1.37. The highest BCUT2D eigenvalue weighted by molar-refractivity contribution is 7.99. The van der Waals surface area contributed by atoms with Crippen molar-refractivity contribution in [3.8, 4) is 0 Å². The van der Waals surface area contributed by atoms with Gasteiger partial charge in [-0.15, -0.1) is 11.8 Å². The molecule has 2 aromatic rings. The highest BCUT2D eigenvalue weighted by atomic mass is 35.5. The molecule has 1 aromatic carbocycles. The molecule has 2 aliphatic carbocycles. The Labute approximate surface area is 159 Å². The fourth-order valence-electron chi connectivity index (χ4n) is 2.92. The Morgan fingerprint density at radius 1 is 1.28 bits per heavy atom. The minimum absolute atomic E-state index is 0.215. The van der Waals surface area contributed by atoms with Crippen molar-refractivity contribution in [1.29, 1.82) is 0 Å². The van der Waals surface area contributed by atoms with E-state index in [1.54, 1.807) is 30.9 Å². The Morgan fingerprint density at radius 3 is 2.64 bits per heavy atom. The Kier molecular flexibility index (Phi) is 4.50. The van der Waals surface area contributed by atoms with Gasteiger partial charge in [-0.05, 0) is 43.7 Å². The lowest BCUT2D eigenvalue weighted by Gasteiger charge is -2.10. The lowest BCUT2D eigenvalue weighted by Crippen LogP contribution is -2.20. The van der Waals surface area contributed by atoms with Crippen LogP contribution < -0.4 is 5.56 Å². The van der Waals surface area contributed by atoms with Crippen molar-refractivity contribution in [2.45, 2.75) is 36.5 Å². The third kappa shape index (κ3) is 3.29. The van der Waals surface area contributed by atoms with Crippen LogP contribution in [0.25, 0.3) is 0 Å². The molecular weight excluding hydrogens is 379 g/mol. The quantitative estimate of drug-likeness (QED) is 0.571. The molecule has 0 saturated heterocycles. The number of benzene rings is 1. The van der Waals surface area contributed by atoms with Gasteiger partial charge in [-0.1, -0.05) is 23.2 Å². The van der Waals surface area contributed by atoms with E-state index in [-0.39, 0.29) is 22.8 Å². The SMILES string of the molecule is Cn1[nH]c(C2CC2)c(C(=O)c2ccc(Cl)c(SCC3CC3)c2Cl)c1=O. The number of halogens is 2. The molecule has 2 saturated carbocycles. The summed E-state index contributed by atoms with van der Waals surface area (Å²) in [5.74, 6) is 1.62. The molecule has 0 radical (unpaired) electrons. The van der Waals surface area contributed by atoms with Gasteiger partial charge in [-0.2, -0.15) is 0 Å². The van der Waals surface area contributed by atoms with E-state index in [9.17, 15) is 9.59 Å². The molecule has 2 aliphatic rings. The summed E-state index contributed by atoms with van der Waals surface area (Å²) in [6.45, 7) is 0. The van der Waals surface area contributed by atoms with Crippen LogP contribution in [0.15, 0.2) is 21.8 Å². The second kappa shape index (κ2) is 6.53. The first kappa shape index (κ1) is 17.3. The van der Waals surface area contributed by atoms with Gasteiger partial charge in [0, 0.05) is 29.2 Å². The average Bonchev–Trinajstić information content (AvgIpc) is 3.47. The lowest BCUT2D eigenvalue weighted by molar-refractivity contribution is 0.103. The fourth-order valence-corrected chi connectivity index (χ4v) is 4.88. The van der Waals surface area contributed by atoms with Crippen LogP contribution in [0.4, 0.5) is 0 Å². The van der Waals surface area contributed by atoms with Crippen molar-refractivity contribution in [3.63, 3.8) is 0 Å². The molecule has 0 atom stereocenters. The van der Waals surface area contributed by atoms with E-state index in [0.29, 0.717) is 15.6 Å². The Balaban J connectivity index is 1.73. The monoisotopic (exact) mass is 396 g/mol. The standard InChI is InChI=1S/C18H18Cl2N2O2S/c1-22-18(24)13(15(21-22)10-4-5-10)16(23)11-6-7-12(19)17(14(11)20)25-8-9-2-3-9/h6-7,9-10,21H,2-5,8H2,1H3. The van der Waals surface area contributed by atoms with Crippen LogP contribution in [0.1, 0.15) is 53.2 Å². The summed E-state index contributed by atoms with van der Waals surface area (Å²) in [7, 11) is 1.63. The predicted octanol–water partition coefficient (Wildman–Crippen LogP) is 4.63. The molecule has 4 nitrogen and oxygen atoms in total. The zero-order valence-corrected chi connectivity index (χ0v) is 16.1. The highest BCUT2D eigenvalue weighted by Crippen LogP contribution is 2.43. The summed E-state index contributed by atoms with van der Waals surface area (Å²) in [6, 6.07) is 3.32. The molecule has 0 unspecified atom stereocenters. The first-order valence-electron chi connectivity index (χ1n) is 8.41. The van der Waals surface area contributed by atoms with Gasteiger partial charge in [0.2, 0.25) is 5.78 Å². The number of nitrogens with zero attached hydrogens (tertiary/aromatic N) is 1. The van der Waals surface area contributed by atoms with Crippen molar-refractivity contribution in [2.75, 3.05) is 5.75 Å². The number of thioether (sulfide) groups is 1. The van der Waals surface area contributed by atoms with Crippen LogP contribution in [0, 0.1) is 5.92 Å². The van der Waals surface area contributed by atoms with Crippen molar-refractivity contribution >= 4 is 40.7 Å². The number of hydrogen-bond donors (Lipinski definition) is 1. The number of ketones is 1. The first-order valence-corrected chi connectivity index (χ1v) is 10.2. The van der Waals surface area contributed by atoms with E-state index >= 15 is 0 Å². The lowest BCUT2D eigenvalue weighted by atomic mass is 10.0. The zero-order valence-electron chi connectivity index (χ0n) is 13.8. The first-order chi connectivity index (χ1) is 12.0. The van der Waals surface area contributed by atoms with E-state index in [1.807, 2.05) is 0 Å². The second-order valence-electron chi connectivity index (χ2n) is 6.86. The Hall–Kier alpha value is -1.17. The maximum atomic E-state index is 13.1. The van der Waals surface area contributed by atoms with Gasteiger partial charge < -0.3 is 0 Å². The molecule has 2 fully saturated rings. The fraction of sp³-hybridized carbons (Fsp3) is 0.444. The van der Waals surface area contributed by atoms with E-state index < -0.39 is 0 Å². The normalized spacial score (nSPS) is 17.1. The number of aromatic nitrogens is 2. The zero-order chi connectivity index (χ0) is 17.7. The van der Waals surface area contributed by atoms with Gasteiger partial charge >= 0.3 is 0 Å². The van der Waals surface area contributed by atoms with Crippen LogP contribution in [0.2, 0.25) is 10.0 Å². The summed E-state index contributed by atoms with van der Waals surface area (Å²) in [6.07, 6.45) is 4.48. The number of H-pyrrole nitrogens is 1. The van der Waals surface area contributed by atoms with Crippen molar-refractivity contribution in [2.24, 2.45) is 13.0 Å². The van der Waals surface area contributed by atoms with Crippen LogP contribution in [0.3, 0.4) is 0 Å². The smallest absolute Gasteiger partial charge is 0.277 e. The number of nitrogens with one attached hydrogen (secondary N) is 1. The average molecular weight is 397 g/mol. The maximum absolute atomic E-state index is 13.1. The van der Waals surface area contributed by atoms with Crippen LogP contribution in [0.5, 0.6) is 0 Å². The molecule has 0 spiro atoms. The molecule has 0 amide bonds. The van der Waals surface area contributed by atoms with E-state index in [4.69, 9.17) is 23.2 Å². The maximum Gasteiger partial charge on any atom is 0.277 e. The molecule has 25 heavy (non-hydrogen) atoms. The Morgan fingerprint density at radius 2 is 2.00 bits per heavy atom. The van der Waals surface area contributed by atoms with E-state index in [0.717, 1.165) is 35.1 Å². The molecule has 7 heteroatoms. The van der Waals surface area contributed by atoms with Gasteiger partial charge in [-0.3, -0.25) is 19.4 Å². The molecule has 0 aliphatic heterocycles. The third-order valence-electron chi connectivity index (χ3n) is 4.74. The summed E-state index contributed by atoms with van der Waals surface area (Å²) in [5.41, 5.74) is 0.996. The van der Waals surface area contributed by atoms with Crippen molar-refractivity contribution in [1.82, 2.24) is 9.78 Å². The van der Waals surface area contributed by atoms with Crippen molar-refractivity contribution < 1.29 is 4.79 Å². The molecule has 4 rings (SSSR count). The number of rotatable bonds is 6. The van der Waals surface area contributed by atoms with Crippen molar-refractivity contribution in [3.05, 3.63) is 49.4 Å². The molecule has 1 heterocycles. The largest absolute Gasteiger partial charge is 0.299 e. The van der Waals surface area contributed by atoms with E-state index in [2.05, 4.69) is 5.10 Å². The molecular formula is C18H18Cl2N2O2S. The minimum atomic E-state index is -0.321. The third-order valence-corrected chi connectivity index (χ3v) is 7.03. The molecule has 132 valence electrons. The minimum Gasteiger partial charge on any atom is -0.299 e. The van der Waals surface area contributed by atoms with Gasteiger partial charge in [0.15, 0.2) is 0 Å². The number of aromatic amines is 1. The predicted molar refractivity (Wildman–Crippen MR) is 101 cm³/mol. The van der Waals surface area contributed by atoms with E-state index in [1.165, 1.54) is 17.5 Å². The highest BCUT2D eigenvalue weighted by Gasteiger charge is 2.34. The van der Waals surface area contributed by atoms with Crippen LogP contribution >= 0.6 is 35.0 Å². The van der Waals surface area contributed by atoms with Gasteiger partial charge in [-0.25, -0.2) is 0 Å². The molecule has 1 aromatic heterocycles.